The summed E-state index contributed by atoms with van der Waals surface area (Å²) in [7, 11) is 1.63. The first-order valence-corrected chi connectivity index (χ1v) is 10.2. The van der Waals surface area contributed by atoms with E-state index >= 15 is 0 Å². The Hall–Kier alpha value is -2.40. The highest BCUT2D eigenvalue weighted by molar-refractivity contribution is 7.98. The van der Waals surface area contributed by atoms with E-state index in [1.54, 1.807) is 13.2 Å². The summed E-state index contributed by atoms with van der Waals surface area (Å²) in [5, 5.41) is 3.15. The number of fused-ring (bicyclic) bond motifs is 2. The highest BCUT2D eigenvalue weighted by Crippen LogP contribution is 2.38. The quantitative estimate of drug-likeness (QED) is 0.706. The maximum Gasteiger partial charge on any atom is 0.329 e. The average molecular weight is 381 g/mol. The first-order chi connectivity index (χ1) is 13.2. The van der Waals surface area contributed by atoms with Gasteiger partial charge in [0.15, 0.2) is 0 Å². The van der Waals surface area contributed by atoms with Crippen LogP contribution in [0.2, 0.25) is 0 Å². The molecule has 0 aromatic heterocycles. The van der Waals surface area contributed by atoms with Crippen LogP contribution in [0.3, 0.4) is 0 Å². The zero-order valence-corrected chi connectivity index (χ0v) is 16.4. The van der Waals surface area contributed by atoms with Crippen molar-refractivity contribution in [3.8, 4) is 5.75 Å². The minimum Gasteiger partial charge on any atom is -0.496 e. The van der Waals surface area contributed by atoms with E-state index in [1.165, 1.54) is 47.0 Å². The number of aryl methyl sites for hydroxylation is 2. The van der Waals surface area contributed by atoms with Crippen molar-refractivity contribution < 1.29 is 9.53 Å². The second kappa shape index (κ2) is 7.69. The fourth-order valence-corrected chi connectivity index (χ4v) is 4.70. The summed E-state index contributed by atoms with van der Waals surface area (Å²) in [5.41, 5.74) is 7.52. The molecule has 140 valence electrons. The summed E-state index contributed by atoms with van der Waals surface area (Å²) in [4.78, 5) is 13.5. The molecule has 2 aromatic rings. The predicted octanol–water partition coefficient (Wildman–Crippen LogP) is 5.14. The molecular weight excluding hydrogens is 356 g/mol. The number of hydrogen-bond donors (Lipinski definition) is 2. The first kappa shape index (κ1) is 18.0. The minimum absolute atomic E-state index is 0.179. The fourth-order valence-electron chi connectivity index (χ4n) is 4.14. The average Bonchev–Trinajstić information content (AvgIpc) is 3.35. The number of ether oxygens (including phenoxy) is 1. The third-order valence-corrected chi connectivity index (χ3v) is 6.18. The van der Waals surface area contributed by atoms with Crippen molar-refractivity contribution in [2.75, 3.05) is 12.4 Å². The number of urea groups is 1. The number of methoxy groups -OCH3 is 1. The number of anilines is 1. The van der Waals surface area contributed by atoms with Gasteiger partial charge in [-0.1, -0.05) is 24.8 Å². The van der Waals surface area contributed by atoms with Gasteiger partial charge in [0.05, 0.1) is 7.11 Å². The zero-order valence-electron chi connectivity index (χ0n) is 15.6. The lowest BCUT2D eigenvalue weighted by molar-refractivity contribution is 0.257. The summed E-state index contributed by atoms with van der Waals surface area (Å²) in [6, 6.07) is 7.98. The van der Waals surface area contributed by atoms with E-state index in [1.807, 2.05) is 18.2 Å². The molecule has 2 N–H and O–H groups in total. The predicted molar refractivity (Wildman–Crippen MR) is 112 cm³/mol. The number of nitrogens with one attached hydrogen (secondary N) is 2. The third kappa shape index (κ3) is 3.56. The van der Waals surface area contributed by atoms with Crippen molar-refractivity contribution in [2.24, 2.45) is 0 Å². The molecule has 5 heteroatoms. The smallest absolute Gasteiger partial charge is 0.329 e. The number of amides is 2. The van der Waals surface area contributed by atoms with Crippen molar-refractivity contribution in [3.05, 3.63) is 58.7 Å². The second-order valence-electron chi connectivity index (χ2n) is 7.00. The van der Waals surface area contributed by atoms with Crippen LogP contribution in [0.25, 0.3) is 6.08 Å². The molecule has 2 aromatic carbocycles. The molecule has 0 radical (unpaired) electrons. The zero-order chi connectivity index (χ0) is 18.8. The Morgan fingerprint density at radius 2 is 1.81 bits per heavy atom. The Bertz CT molecular complexity index is 875. The van der Waals surface area contributed by atoms with Gasteiger partial charge in [-0.25, -0.2) is 4.79 Å². The van der Waals surface area contributed by atoms with E-state index in [0.717, 1.165) is 47.6 Å². The maximum absolute atomic E-state index is 12.6. The van der Waals surface area contributed by atoms with Crippen LogP contribution in [-0.4, -0.2) is 13.1 Å². The Morgan fingerprint density at radius 1 is 1.11 bits per heavy atom. The van der Waals surface area contributed by atoms with Crippen LogP contribution in [-0.2, 0) is 25.7 Å². The van der Waals surface area contributed by atoms with Gasteiger partial charge in [-0.05, 0) is 84.9 Å². The SMILES string of the molecule is C=Cc1ccc(SNC(=O)Nc2c3c(cc4c2CCC4)CCC3)cc1OC. The molecule has 0 fully saturated rings. The highest BCUT2D eigenvalue weighted by atomic mass is 32.2. The molecule has 2 aliphatic rings. The van der Waals surface area contributed by atoms with Crippen LogP contribution < -0.4 is 14.8 Å². The van der Waals surface area contributed by atoms with Crippen molar-refractivity contribution in [1.82, 2.24) is 4.72 Å². The van der Waals surface area contributed by atoms with Crippen LogP contribution in [0.15, 0.2) is 35.7 Å². The van der Waals surface area contributed by atoms with Crippen molar-refractivity contribution in [2.45, 2.75) is 43.4 Å². The van der Waals surface area contributed by atoms with Crippen LogP contribution in [0.1, 0.15) is 40.7 Å². The molecule has 0 saturated heterocycles. The van der Waals surface area contributed by atoms with Crippen molar-refractivity contribution in [3.63, 3.8) is 0 Å². The van der Waals surface area contributed by atoms with Crippen molar-refractivity contribution >= 4 is 29.7 Å². The molecule has 0 heterocycles. The molecule has 4 nitrogen and oxygen atoms in total. The molecule has 27 heavy (non-hydrogen) atoms. The van der Waals surface area contributed by atoms with Gasteiger partial charge in [0.1, 0.15) is 5.75 Å². The van der Waals surface area contributed by atoms with Gasteiger partial charge < -0.3 is 10.1 Å². The number of carbonyl (C=O) groups excluding carboxylic acids is 1. The summed E-state index contributed by atoms with van der Waals surface area (Å²) in [5.74, 6) is 0.746. The molecule has 0 spiro atoms. The van der Waals surface area contributed by atoms with Crippen LogP contribution in [0.4, 0.5) is 10.5 Å². The normalized spacial score (nSPS) is 14.4. The molecule has 0 bridgehead atoms. The molecule has 0 atom stereocenters. The summed E-state index contributed by atoms with van der Waals surface area (Å²) in [6.07, 6.45) is 8.49. The summed E-state index contributed by atoms with van der Waals surface area (Å²) < 4.78 is 8.27. The maximum atomic E-state index is 12.6. The highest BCUT2D eigenvalue weighted by Gasteiger charge is 2.24. The number of hydrogen-bond acceptors (Lipinski definition) is 3. The van der Waals surface area contributed by atoms with E-state index in [2.05, 4.69) is 22.7 Å². The van der Waals surface area contributed by atoms with Gasteiger partial charge in [-0.2, -0.15) is 0 Å². The summed E-state index contributed by atoms with van der Waals surface area (Å²) >= 11 is 1.29. The monoisotopic (exact) mass is 380 g/mol. The van der Waals surface area contributed by atoms with Crippen LogP contribution >= 0.6 is 11.9 Å². The van der Waals surface area contributed by atoms with Gasteiger partial charge in [0.25, 0.3) is 0 Å². The molecular formula is C22H24N2O2S. The second-order valence-corrected chi connectivity index (χ2v) is 7.88. The topological polar surface area (TPSA) is 50.4 Å². The minimum atomic E-state index is -0.179. The third-order valence-electron chi connectivity index (χ3n) is 5.40. The van der Waals surface area contributed by atoms with E-state index in [9.17, 15) is 4.79 Å². The molecule has 2 aliphatic carbocycles. The summed E-state index contributed by atoms with van der Waals surface area (Å²) in [6.45, 7) is 3.78. The molecule has 0 saturated carbocycles. The first-order valence-electron chi connectivity index (χ1n) is 9.40. The van der Waals surface area contributed by atoms with E-state index < -0.39 is 0 Å². The van der Waals surface area contributed by atoms with Crippen LogP contribution in [0, 0.1) is 0 Å². The molecule has 4 rings (SSSR count). The van der Waals surface area contributed by atoms with Crippen molar-refractivity contribution in [1.29, 1.82) is 0 Å². The molecule has 2 amide bonds. The van der Waals surface area contributed by atoms with E-state index in [0.29, 0.717) is 0 Å². The molecule has 0 unspecified atom stereocenters. The van der Waals surface area contributed by atoms with Gasteiger partial charge in [0.2, 0.25) is 0 Å². The fraction of sp³-hybridized carbons (Fsp3) is 0.318. The Kier molecular flexibility index (Phi) is 5.12. The standard InChI is InChI=1S/C22H24N2O2S/c1-3-14-10-11-17(13-20(14)26-2)27-24-22(25)23-21-18-8-4-6-15(18)12-16-7-5-9-19(16)21/h3,10-13H,1,4-9H2,2H3,(H2,23,24,25). The molecule has 0 aliphatic heterocycles. The van der Waals surface area contributed by atoms with Gasteiger partial charge in [0, 0.05) is 16.1 Å². The largest absolute Gasteiger partial charge is 0.496 e. The van der Waals surface area contributed by atoms with Gasteiger partial charge in [-0.3, -0.25) is 4.72 Å². The lowest BCUT2D eigenvalue weighted by Gasteiger charge is -2.16. The van der Waals surface area contributed by atoms with Gasteiger partial charge >= 0.3 is 6.03 Å². The number of carbonyl (C=O) groups is 1. The van der Waals surface area contributed by atoms with Gasteiger partial charge in [-0.15, -0.1) is 0 Å². The van der Waals surface area contributed by atoms with Crippen LogP contribution in [0.5, 0.6) is 5.75 Å². The van der Waals surface area contributed by atoms with E-state index in [4.69, 9.17) is 4.74 Å². The van der Waals surface area contributed by atoms with E-state index in [-0.39, 0.29) is 6.03 Å². The number of rotatable bonds is 5. The lowest BCUT2D eigenvalue weighted by Crippen LogP contribution is -2.24. The lowest BCUT2D eigenvalue weighted by atomic mass is 9.99. The Labute approximate surface area is 164 Å². The Balaban J connectivity index is 1.47. The number of benzene rings is 2. The Morgan fingerprint density at radius 3 is 2.44 bits per heavy atom.